The van der Waals surface area contributed by atoms with Crippen LogP contribution in [0.1, 0.15) is 22.9 Å². The van der Waals surface area contributed by atoms with Gasteiger partial charge in [-0.05, 0) is 55.7 Å². The summed E-state index contributed by atoms with van der Waals surface area (Å²) in [7, 11) is 1.71. The molecule has 1 heterocycles. The zero-order valence-electron chi connectivity index (χ0n) is 11.1. The van der Waals surface area contributed by atoms with Gasteiger partial charge in [-0.1, -0.05) is 6.92 Å². The molecule has 1 N–H and O–H groups in total. The van der Waals surface area contributed by atoms with Crippen LogP contribution in [-0.2, 0) is 6.42 Å². The third-order valence-corrected chi connectivity index (χ3v) is 4.43. The number of rotatable bonds is 3. The Hall–Kier alpha value is -1.13. The van der Waals surface area contributed by atoms with Crippen molar-refractivity contribution in [2.24, 2.45) is 0 Å². The lowest BCUT2D eigenvalue weighted by Gasteiger charge is -2.11. The minimum atomic E-state index is 0.842. The standard InChI is InChI=1S/C14H17NOS2/c1-5-12-13(15-14(17)18-12)10-6-9(3)11(16-4)7-8(10)2/h6-7H,5H2,1-4H3,(H,15,17). The molecule has 2 nitrogen and oxygen atoms in total. The van der Waals surface area contributed by atoms with Crippen LogP contribution in [0, 0.1) is 17.8 Å². The maximum Gasteiger partial charge on any atom is 0.159 e. The fourth-order valence-electron chi connectivity index (χ4n) is 2.11. The van der Waals surface area contributed by atoms with Crippen molar-refractivity contribution in [1.29, 1.82) is 0 Å². The molecule has 0 radical (unpaired) electrons. The van der Waals surface area contributed by atoms with Gasteiger partial charge in [-0.25, -0.2) is 0 Å². The molecule has 96 valence electrons. The van der Waals surface area contributed by atoms with E-state index in [1.54, 1.807) is 18.4 Å². The van der Waals surface area contributed by atoms with E-state index in [4.69, 9.17) is 17.0 Å². The van der Waals surface area contributed by atoms with E-state index in [1.165, 1.54) is 16.0 Å². The highest BCUT2D eigenvalue weighted by Crippen LogP contribution is 2.33. The zero-order valence-corrected chi connectivity index (χ0v) is 12.7. The molecule has 0 unspecified atom stereocenters. The predicted octanol–water partition coefficient (Wildman–Crippen LogP) is 4.66. The fourth-order valence-corrected chi connectivity index (χ4v) is 3.29. The average Bonchev–Trinajstić information content (AvgIpc) is 2.72. The Balaban J connectivity index is 2.63. The number of aromatic amines is 1. The largest absolute Gasteiger partial charge is 0.496 e. The number of nitrogens with one attached hydrogen (secondary N) is 1. The molecule has 0 atom stereocenters. The summed E-state index contributed by atoms with van der Waals surface area (Å²) in [5.41, 5.74) is 4.73. The first-order chi connectivity index (χ1) is 8.56. The summed E-state index contributed by atoms with van der Waals surface area (Å²) in [6.45, 7) is 6.32. The predicted molar refractivity (Wildman–Crippen MR) is 80.3 cm³/mol. The van der Waals surface area contributed by atoms with Gasteiger partial charge in [0, 0.05) is 10.4 Å². The van der Waals surface area contributed by atoms with Gasteiger partial charge in [0.2, 0.25) is 0 Å². The molecule has 0 fully saturated rings. The van der Waals surface area contributed by atoms with E-state index >= 15 is 0 Å². The highest BCUT2D eigenvalue weighted by molar-refractivity contribution is 7.73. The summed E-state index contributed by atoms with van der Waals surface area (Å²) in [5, 5.41) is 0. The highest BCUT2D eigenvalue weighted by Gasteiger charge is 2.12. The molecule has 0 amide bonds. The van der Waals surface area contributed by atoms with E-state index in [1.807, 2.05) is 0 Å². The Morgan fingerprint density at radius 3 is 2.61 bits per heavy atom. The number of thiazole rings is 1. The van der Waals surface area contributed by atoms with Crippen molar-refractivity contribution in [3.8, 4) is 17.0 Å². The minimum Gasteiger partial charge on any atom is -0.496 e. The Morgan fingerprint density at radius 1 is 1.28 bits per heavy atom. The van der Waals surface area contributed by atoms with Gasteiger partial charge in [-0.3, -0.25) is 0 Å². The first kappa shape index (κ1) is 13.3. The molecule has 0 aliphatic heterocycles. The molecule has 0 saturated carbocycles. The Labute approximate surface area is 117 Å². The van der Waals surface area contributed by atoms with Crippen LogP contribution in [-0.4, -0.2) is 12.1 Å². The molecule has 0 bridgehead atoms. The van der Waals surface area contributed by atoms with Gasteiger partial charge < -0.3 is 9.72 Å². The van der Waals surface area contributed by atoms with Gasteiger partial charge >= 0.3 is 0 Å². The fraction of sp³-hybridized carbons (Fsp3) is 0.357. The molecule has 0 spiro atoms. The normalized spacial score (nSPS) is 10.7. The Kier molecular flexibility index (Phi) is 3.88. The van der Waals surface area contributed by atoms with Gasteiger partial charge in [0.1, 0.15) is 5.75 Å². The third kappa shape index (κ3) is 2.35. The Bertz CT molecular complexity index is 625. The molecule has 0 saturated heterocycles. The van der Waals surface area contributed by atoms with Crippen LogP contribution in [0.2, 0.25) is 0 Å². The lowest BCUT2D eigenvalue weighted by molar-refractivity contribution is 0.411. The second kappa shape index (κ2) is 5.24. The van der Waals surface area contributed by atoms with E-state index in [0.717, 1.165) is 27.4 Å². The van der Waals surface area contributed by atoms with Crippen LogP contribution in [0.3, 0.4) is 0 Å². The summed E-state index contributed by atoms with van der Waals surface area (Å²) in [5.74, 6) is 0.933. The lowest BCUT2D eigenvalue weighted by atomic mass is 10.0. The van der Waals surface area contributed by atoms with E-state index in [0.29, 0.717) is 0 Å². The smallest absolute Gasteiger partial charge is 0.159 e. The van der Waals surface area contributed by atoms with Crippen LogP contribution >= 0.6 is 23.6 Å². The second-order valence-electron chi connectivity index (χ2n) is 4.30. The van der Waals surface area contributed by atoms with Crippen molar-refractivity contribution in [3.05, 3.63) is 32.1 Å². The molecule has 1 aromatic carbocycles. The van der Waals surface area contributed by atoms with Gasteiger partial charge in [0.25, 0.3) is 0 Å². The van der Waals surface area contributed by atoms with Crippen LogP contribution in [0.25, 0.3) is 11.3 Å². The SMILES string of the molecule is CCc1sc(=S)[nH]c1-c1cc(C)c(OC)cc1C. The molecule has 1 aromatic heterocycles. The summed E-state index contributed by atoms with van der Waals surface area (Å²) in [4.78, 5) is 4.62. The van der Waals surface area contributed by atoms with E-state index in [9.17, 15) is 0 Å². The van der Waals surface area contributed by atoms with Gasteiger partial charge in [0.05, 0.1) is 12.8 Å². The first-order valence-electron chi connectivity index (χ1n) is 5.94. The van der Waals surface area contributed by atoms with Crippen LogP contribution in [0.15, 0.2) is 12.1 Å². The van der Waals surface area contributed by atoms with Gasteiger partial charge in [-0.2, -0.15) is 0 Å². The number of ether oxygens (including phenoxy) is 1. The second-order valence-corrected chi connectivity index (χ2v) is 6.07. The van der Waals surface area contributed by atoms with Crippen molar-refractivity contribution in [3.63, 3.8) is 0 Å². The lowest BCUT2D eigenvalue weighted by Crippen LogP contribution is -1.93. The molecule has 0 aliphatic carbocycles. The first-order valence-corrected chi connectivity index (χ1v) is 7.16. The summed E-state index contributed by atoms with van der Waals surface area (Å²) >= 11 is 6.91. The monoisotopic (exact) mass is 279 g/mol. The average molecular weight is 279 g/mol. The number of aromatic nitrogens is 1. The van der Waals surface area contributed by atoms with Gasteiger partial charge in [0.15, 0.2) is 3.95 Å². The van der Waals surface area contributed by atoms with Crippen LogP contribution in [0.4, 0.5) is 0 Å². The summed E-state index contributed by atoms with van der Waals surface area (Å²) in [6.07, 6.45) is 0.998. The highest BCUT2D eigenvalue weighted by atomic mass is 32.1. The summed E-state index contributed by atoms with van der Waals surface area (Å²) < 4.78 is 6.19. The molecule has 0 aliphatic rings. The van der Waals surface area contributed by atoms with Gasteiger partial charge in [-0.15, -0.1) is 11.3 Å². The molecule has 18 heavy (non-hydrogen) atoms. The number of aryl methyl sites for hydroxylation is 3. The van der Waals surface area contributed by atoms with Crippen molar-refractivity contribution in [2.45, 2.75) is 27.2 Å². The quantitative estimate of drug-likeness (QED) is 0.827. The molecular formula is C14H17NOS2. The number of hydrogen-bond donors (Lipinski definition) is 1. The van der Waals surface area contributed by atoms with E-state index in [-0.39, 0.29) is 0 Å². The Morgan fingerprint density at radius 2 is 2.00 bits per heavy atom. The number of hydrogen-bond acceptors (Lipinski definition) is 3. The molecular weight excluding hydrogens is 262 g/mol. The number of methoxy groups -OCH3 is 1. The summed E-state index contributed by atoms with van der Waals surface area (Å²) in [6, 6.07) is 4.25. The number of benzene rings is 1. The molecule has 2 rings (SSSR count). The van der Waals surface area contributed by atoms with Crippen molar-refractivity contribution < 1.29 is 4.74 Å². The molecule has 4 heteroatoms. The topological polar surface area (TPSA) is 25.0 Å². The van der Waals surface area contributed by atoms with Crippen molar-refractivity contribution in [2.75, 3.05) is 7.11 Å². The minimum absolute atomic E-state index is 0.842. The van der Waals surface area contributed by atoms with Crippen molar-refractivity contribution in [1.82, 2.24) is 4.98 Å². The maximum absolute atomic E-state index is 5.35. The van der Waals surface area contributed by atoms with E-state index in [2.05, 4.69) is 37.9 Å². The maximum atomic E-state index is 5.35. The van der Waals surface area contributed by atoms with Crippen molar-refractivity contribution >= 4 is 23.6 Å². The van der Waals surface area contributed by atoms with Crippen LogP contribution < -0.4 is 4.74 Å². The molecule has 2 aromatic rings. The number of H-pyrrole nitrogens is 1. The van der Waals surface area contributed by atoms with Crippen LogP contribution in [0.5, 0.6) is 5.75 Å². The zero-order chi connectivity index (χ0) is 13.3. The van der Waals surface area contributed by atoms with E-state index < -0.39 is 0 Å². The third-order valence-electron chi connectivity index (χ3n) is 3.05.